The number of carbonyl (C=O) groups excluding carboxylic acids is 4. The quantitative estimate of drug-likeness (QED) is 0.0800. The molecule has 40 heteroatoms. The zero-order valence-corrected chi connectivity index (χ0v) is 52.2. The molecule has 36 nitrogen and oxygen atoms in total. The molecule has 0 aromatic heterocycles. The van der Waals surface area contributed by atoms with Crippen LogP contribution in [0.1, 0.15) is 55.3 Å². The van der Waals surface area contributed by atoms with Crippen molar-refractivity contribution in [1.82, 2.24) is 0 Å². The van der Waals surface area contributed by atoms with Gasteiger partial charge < -0.3 is 131 Å². The molecule has 0 atom stereocenters. The normalized spacial score (nSPS) is 7.50. The fourth-order valence-corrected chi connectivity index (χ4v) is 3.79. The van der Waals surface area contributed by atoms with Crippen molar-refractivity contribution < 1.29 is 242 Å². The SMILES string of the molecule is CC#N.CC#N.COC(=O)c1cccc(OC)c1[O-].COC(=O)c1cccc(OC)c1[O-].COC(=O)c1cccc(OC)c1[O-].COC(=O)c1cccc(OC)c1[O-].O=[N+]([O-])[O-].O=[N+]([O-])[O-].O=[N+]([O-])[O-].O=[N+]([O-])[O-].[OH-].[OH-].[Yb+3].[Yb+3].[Zn+2].[Zn+2]. The maximum absolute atomic E-state index is 11.4. The van der Waals surface area contributed by atoms with Crippen LogP contribution in [0.5, 0.6) is 46.0 Å². The van der Waals surface area contributed by atoms with E-state index in [1.165, 1.54) is 119 Å². The van der Waals surface area contributed by atoms with Crippen LogP contribution in [0.3, 0.4) is 0 Å². The van der Waals surface area contributed by atoms with Crippen molar-refractivity contribution in [2.24, 2.45) is 0 Å². The first-order valence-corrected chi connectivity index (χ1v) is 18.1. The molecule has 0 amide bonds. The monoisotopic (exact) mass is 1560 g/mol. The van der Waals surface area contributed by atoms with Crippen molar-refractivity contribution in [3.8, 4) is 58.1 Å². The molecule has 0 saturated carbocycles. The molecule has 0 aliphatic carbocycles. The van der Waals surface area contributed by atoms with Gasteiger partial charge in [-0.25, -0.2) is 19.2 Å². The summed E-state index contributed by atoms with van der Waals surface area (Å²) in [5, 5.41) is 119. The van der Waals surface area contributed by atoms with Crippen LogP contribution in [0.4, 0.5) is 0 Å². The predicted octanol–water partition coefficient (Wildman–Crippen LogP) is 1.97. The van der Waals surface area contributed by atoms with E-state index in [0.29, 0.717) is 0 Å². The van der Waals surface area contributed by atoms with Crippen molar-refractivity contribution >= 4 is 23.9 Å². The number of esters is 4. The molecule has 0 fully saturated rings. The summed E-state index contributed by atoms with van der Waals surface area (Å²) in [4.78, 5) is 77.1. The van der Waals surface area contributed by atoms with Crippen molar-refractivity contribution in [3.05, 3.63) is 156 Å². The molecule has 0 spiro atoms. The van der Waals surface area contributed by atoms with Gasteiger partial charge in [0.25, 0.3) is 0 Å². The Hall–Kier alpha value is -6.85. The van der Waals surface area contributed by atoms with Crippen LogP contribution in [0.15, 0.2) is 72.8 Å². The number of ether oxygens (including phenoxy) is 8. The van der Waals surface area contributed by atoms with Gasteiger partial charge in [-0.3, -0.25) is 0 Å². The van der Waals surface area contributed by atoms with Crippen LogP contribution in [-0.4, -0.2) is 112 Å². The maximum atomic E-state index is 11.4. The van der Waals surface area contributed by atoms with Crippen molar-refractivity contribution in [1.29, 1.82) is 10.5 Å². The molecule has 0 saturated heterocycles. The molecule has 4 aromatic rings. The van der Waals surface area contributed by atoms with Crippen molar-refractivity contribution in [2.75, 3.05) is 56.9 Å². The van der Waals surface area contributed by atoms with Gasteiger partial charge in [0.1, 0.15) is 23.0 Å². The summed E-state index contributed by atoms with van der Waals surface area (Å²) in [5.74, 6) is -3.82. The Morgan fingerprint density at radius 1 is 0.375 bits per heavy atom. The molecule has 0 unspecified atom stereocenters. The minimum atomic E-state index is -1.75. The first-order valence-electron chi connectivity index (χ1n) is 18.1. The Bertz CT molecular complexity index is 2130. The van der Waals surface area contributed by atoms with Crippen LogP contribution >= 0.6 is 0 Å². The van der Waals surface area contributed by atoms with Gasteiger partial charge in [0.15, 0.2) is 0 Å². The van der Waals surface area contributed by atoms with Gasteiger partial charge in [0.05, 0.1) is 112 Å². The number of carbonyl (C=O) groups is 4. The third kappa shape index (κ3) is 53.2. The molecule has 4 aromatic carbocycles. The Kier molecular flexibility index (Phi) is 82.3. The third-order valence-electron chi connectivity index (χ3n) is 6.42. The second-order valence-corrected chi connectivity index (χ2v) is 10.7. The Balaban J connectivity index is -0.0000000670. The van der Waals surface area contributed by atoms with Crippen LogP contribution in [-0.2, 0) is 57.9 Å². The van der Waals surface area contributed by atoms with Gasteiger partial charge >= 0.3 is 157 Å². The van der Waals surface area contributed by atoms with Crippen LogP contribution < -0.4 is 39.4 Å². The number of para-hydroxylation sites is 4. The number of hydrogen-bond acceptors (Lipinski definition) is 32. The molecule has 446 valence electrons. The van der Waals surface area contributed by atoms with E-state index in [4.69, 9.17) is 90.8 Å². The zero-order chi connectivity index (χ0) is 59.1. The summed E-state index contributed by atoms with van der Waals surface area (Å²) < 4.78 is 36.7. The summed E-state index contributed by atoms with van der Waals surface area (Å²) in [7, 11) is 10.4. The average molecular weight is 1570 g/mol. The van der Waals surface area contributed by atoms with E-state index in [1.54, 1.807) is 36.4 Å². The van der Waals surface area contributed by atoms with Gasteiger partial charge in [-0.15, -0.1) is 0 Å². The Morgan fingerprint density at radius 2 is 0.487 bits per heavy atom. The van der Waals surface area contributed by atoms with Crippen LogP contribution in [0.2, 0.25) is 0 Å². The second kappa shape index (κ2) is 64.7. The number of benzene rings is 4. The minimum absolute atomic E-state index is 0. The van der Waals surface area contributed by atoms with E-state index in [1.807, 2.05) is 0 Å². The van der Waals surface area contributed by atoms with E-state index in [9.17, 15) is 39.6 Å². The summed E-state index contributed by atoms with van der Waals surface area (Å²) in [6.45, 7) is 2.86. The standard InChI is InChI=1S/4C9H10O4.2C2H3N.4NO3.2H2O.2Yb.2Zn/c4*1-12-7-5-3-4-6(8(7)10)9(11)13-2;2*1-2-3;4*2-1(3)4;;;;;;/h4*3-5,10H,1-2H3;2*1H3;;;;;2*1H2;;;;/q;;;;;;4*-1;;;2*+3;2*+2/p-6. The number of nitrogens with zero attached hydrogens (tertiary/aromatic N) is 6. The van der Waals surface area contributed by atoms with Crippen molar-refractivity contribution in [3.63, 3.8) is 0 Å². The molecule has 2 radical (unpaired) electrons. The number of hydrogen-bond donors (Lipinski definition) is 0. The fourth-order valence-electron chi connectivity index (χ4n) is 3.79. The molecule has 4 rings (SSSR count). The zero-order valence-electron chi connectivity index (χ0n) is 42.9. The number of methoxy groups -OCH3 is 8. The molecule has 0 aliphatic rings. The van der Waals surface area contributed by atoms with E-state index in [2.05, 4.69) is 18.9 Å². The van der Waals surface area contributed by atoms with E-state index < -0.39 is 67.2 Å². The van der Waals surface area contributed by atoms with E-state index >= 15 is 0 Å². The van der Waals surface area contributed by atoms with E-state index in [-0.39, 0.29) is 189 Å². The van der Waals surface area contributed by atoms with Gasteiger partial charge in [0.2, 0.25) is 0 Å². The van der Waals surface area contributed by atoms with Gasteiger partial charge in [-0.1, -0.05) is 47.3 Å². The molecular weight excluding hydrogens is 1520 g/mol. The smallest absolute Gasteiger partial charge is 0.870 e. The maximum Gasteiger partial charge on any atom is 3.00 e. The van der Waals surface area contributed by atoms with Gasteiger partial charge in [-0.05, 0) is 48.5 Å². The topological polar surface area (TPSA) is 607 Å². The van der Waals surface area contributed by atoms with Crippen molar-refractivity contribution in [2.45, 2.75) is 13.8 Å². The molecule has 80 heavy (non-hydrogen) atoms. The summed E-state index contributed by atoms with van der Waals surface area (Å²) in [5.41, 5.74) is -0.0487. The molecule has 0 aliphatic heterocycles. The predicted molar refractivity (Wildman–Crippen MR) is 243 cm³/mol. The van der Waals surface area contributed by atoms with Crippen LogP contribution in [0.25, 0.3) is 0 Å². The minimum Gasteiger partial charge on any atom is -0.870 e. The van der Waals surface area contributed by atoms with E-state index in [0.717, 1.165) is 0 Å². The largest absolute Gasteiger partial charge is 3.00 e. The summed E-state index contributed by atoms with van der Waals surface area (Å²) >= 11 is 0. The average Bonchev–Trinajstić information content (AvgIpc) is 3.33. The summed E-state index contributed by atoms with van der Waals surface area (Å²) in [6, 6.07) is 21.3. The van der Waals surface area contributed by atoms with Gasteiger partial charge in [0, 0.05) is 13.8 Å². The Morgan fingerprint density at radius 3 is 0.575 bits per heavy atom. The summed E-state index contributed by atoms with van der Waals surface area (Å²) in [6.07, 6.45) is 0. The first-order chi connectivity index (χ1) is 34.6. The molecular formula is C40H44N6O30Yb2Zn2. The molecule has 0 heterocycles. The molecule has 2 N–H and O–H groups in total. The molecule has 0 bridgehead atoms. The number of nitriles is 2. The van der Waals surface area contributed by atoms with Gasteiger partial charge in [-0.2, -0.15) is 10.5 Å². The second-order valence-electron chi connectivity index (χ2n) is 10.7. The van der Waals surface area contributed by atoms with Crippen LogP contribution in [0, 0.1) is 178 Å². The Labute approximate surface area is 555 Å². The number of rotatable bonds is 8. The first kappa shape index (κ1) is 102. The fraction of sp³-hybridized carbons (Fsp3) is 0.250. The third-order valence-corrected chi connectivity index (χ3v) is 6.42.